The average Bonchev–Trinajstić information content (AvgIpc) is 3.35. The van der Waals surface area contributed by atoms with Gasteiger partial charge in [0.1, 0.15) is 24.1 Å². The third-order valence-electron chi connectivity index (χ3n) is 4.86. The molecule has 4 N–H and O–H groups in total. The maximum atomic E-state index is 12.6. The van der Waals surface area contributed by atoms with Crippen LogP contribution in [-0.2, 0) is 23.1 Å². The van der Waals surface area contributed by atoms with Crippen LogP contribution < -0.4 is 5.73 Å². The van der Waals surface area contributed by atoms with Gasteiger partial charge in [-0.2, -0.15) is 0 Å². The zero-order valence-electron chi connectivity index (χ0n) is 16.7. The third kappa shape index (κ3) is 4.35. The summed E-state index contributed by atoms with van der Waals surface area (Å²) in [7, 11) is -3.35. The van der Waals surface area contributed by atoms with E-state index in [9.17, 15) is 19.4 Å². The first kappa shape index (κ1) is 22.3. The Hall–Kier alpha value is -2.93. The highest BCUT2D eigenvalue weighted by atomic mass is 31.2. The SMILES string of the molecule is COP(=O)(O)OC[C@H]1O[C@@H](n2cnc3c(N)ncnc32)C(O)[C@H]1OC(=O)c1ccccc1. The van der Waals surface area contributed by atoms with Crippen LogP contribution in [0.4, 0.5) is 5.82 Å². The van der Waals surface area contributed by atoms with Gasteiger partial charge in [0.05, 0.1) is 18.5 Å². The normalized spacial score (nSPS) is 25.0. The highest BCUT2D eigenvalue weighted by Crippen LogP contribution is 2.43. The van der Waals surface area contributed by atoms with E-state index in [0.717, 1.165) is 7.11 Å². The Morgan fingerprint density at radius 2 is 2.03 bits per heavy atom. The number of aliphatic hydroxyl groups is 1. The smallest absolute Gasteiger partial charge is 0.453 e. The van der Waals surface area contributed by atoms with Crippen LogP contribution in [0.2, 0.25) is 0 Å². The molecular formula is C18H20N5O8P. The highest BCUT2D eigenvalue weighted by Gasteiger charge is 2.48. The van der Waals surface area contributed by atoms with E-state index in [1.54, 1.807) is 30.3 Å². The van der Waals surface area contributed by atoms with Gasteiger partial charge < -0.3 is 25.2 Å². The molecule has 3 aromatic rings. The van der Waals surface area contributed by atoms with Crippen molar-refractivity contribution in [1.29, 1.82) is 0 Å². The van der Waals surface area contributed by atoms with Crippen molar-refractivity contribution in [3.05, 3.63) is 48.5 Å². The number of nitrogens with two attached hydrogens (primary N) is 1. The van der Waals surface area contributed by atoms with Gasteiger partial charge in [0.25, 0.3) is 0 Å². The van der Waals surface area contributed by atoms with Crippen molar-refractivity contribution in [2.75, 3.05) is 19.5 Å². The summed E-state index contributed by atoms with van der Waals surface area (Å²) in [6.07, 6.45) is -2.31. The largest absolute Gasteiger partial charge is 0.472 e. The van der Waals surface area contributed by atoms with Gasteiger partial charge in [-0.3, -0.25) is 13.6 Å². The van der Waals surface area contributed by atoms with Gasteiger partial charge in [-0.25, -0.2) is 24.3 Å². The molecule has 1 aliphatic rings. The second-order valence-corrected chi connectivity index (χ2v) is 8.38. The number of nitrogens with zero attached hydrogens (tertiary/aromatic N) is 4. The van der Waals surface area contributed by atoms with Gasteiger partial charge >= 0.3 is 13.8 Å². The number of fused-ring (bicyclic) bond motifs is 1. The molecular weight excluding hydrogens is 445 g/mol. The minimum absolute atomic E-state index is 0.134. The van der Waals surface area contributed by atoms with Crippen molar-refractivity contribution in [3.8, 4) is 0 Å². The van der Waals surface area contributed by atoms with Crippen LogP contribution in [0.25, 0.3) is 11.2 Å². The summed E-state index contributed by atoms with van der Waals surface area (Å²) in [6.45, 7) is -0.508. The molecule has 0 amide bonds. The fraction of sp³-hybridized carbons (Fsp3) is 0.333. The molecule has 2 unspecified atom stereocenters. The van der Waals surface area contributed by atoms with E-state index in [1.807, 2.05) is 0 Å². The quantitative estimate of drug-likeness (QED) is 0.328. The molecule has 5 atom stereocenters. The van der Waals surface area contributed by atoms with Crippen LogP contribution >= 0.6 is 7.82 Å². The fourth-order valence-corrected chi connectivity index (χ4v) is 3.71. The van der Waals surface area contributed by atoms with E-state index in [2.05, 4.69) is 19.5 Å². The first-order valence-electron chi connectivity index (χ1n) is 9.36. The number of hydrogen-bond acceptors (Lipinski definition) is 11. The topological polar surface area (TPSA) is 181 Å². The minimum atomic E-state index is -4.35. The Labute approximate surface area is 181 Å². The molecule has 0 bridgehead atoms. The number of ether oxygens (including phenoxy) is 2. The molecule has 32 heavy (non-hydrogen) atoms. The van der Waals surface area contributed by atoms with Crippen molar-refractivity contribution >= 4 is 30.8 Å². The Balaban J connectivity index is 1.62. The number of carbonyl (C=O) groups is 1. The van der Waals surface area contributed by atoms with E-state index in [-0.39, 0.29) is 17.0 Å². The summed E-state index contributed by atoms with van der Waals surface area (Å²) >= 11 is 0. The number of hydrogen-bond donors (Lipinski definition) is 3. The van der Waals surface area contributed by atoms with Crippen molar-refractivity contribution in [1.82, 2.24) is 19.5 Å². The second-order valence-electron chi connectivity index (χ2n) is 6.82. The lowest BCUT2D eigenvalue weighted by atomic mass is 10.1. The standard InChI is InChI=1S/C18H20N5O8P/c1-28-32(26,27)29-7-11-14(31-18(25)10-5-3-2-4-6-10)13(24)17(30-11)23-9-22-12-15(19)20-8-21-16(12)23/h2-6,8-9,11,13-14,17,24H,7H2,1H3,(H,26,27)(H2,19,20,21)/t11-,13?,14+,17-/m1/s1. The van der Waals surface area contributed by atoms with Crippen LogP contribution in [0.1, 0.15) is 16.6 Å². The van der Waals surface area contributed by atoms with E-state index in [0.29, 0.717) is 5.52 Å². The molecule has 13 nitrogen and oxygen atoms in total. The van der Waals surface area contributed by atoms with Gasteiger partial charge in [0.2, 0.25) is 0 Å². The number of aromatic nitrogens is 4. The maximum Gasteiger partial charge on any atom is 0.472 e. The van der Waals surface area contributed by atoms with Gasteiger partial charge in [-0.15, -0.1) is 0 Å². The van der Waals surface area contributed by atoms with E-state index >= 15 is 0 Å². The lowest BCUT2D eigenvalue weighted by molar-refractivity contribution is -0.0526. The van der Waals surface area contributed by atoms with E-state index < -0.39 is 44.9 Å². The molecule has 170 valence electrons. The fourth-order valence-electron chi connectivity index (χ4n) is 3.27. The number of rotatable bonds is 7. The molecule has 0 aliphatic carbocycles. The summed E-state index contributed by atoms with van der Waals surface area (Å²) in [5.41, 5.74) is 6.63. The van der Waals surface area contributed by atoms with E-state index in [1.165, 1.54) is 17.2 Å². The number of anilines is 1. The number of carbonyl (C=O) groups excluding carboxylic acids is 1. The number of benzene rings is 1. The zero-order chi connectivity index (χ0) is 22.9. The number of imidazole rings is 1. The number of phosphoric acid groups is 1. The molecule has 1 saturated heterocycles. The number of aliphatic hydroxyl groups excluding tert-OH is 1. The summed E-state index contributed by atoms with van der Waals surface area (Å²) in [5, 5.41) is 11.0. The van der Waals surface area contributed by atoms with Crippen LogP contribution in [0.5, 0.6) is 0 Å². The summed E-state index contributed by atoms with van der Waals surface area (Å²) in [4.78, 5) is 34.2. The van der Waals surface area contributed by atoms with Crippen molar-refractivity contribution in [2.24, 2.45) is 0 Å². The lowest BCUT2D eigenvalue weighted by Crippen LogP contribution is -2.38. The lowest BCUT2D eigenvalue weighted by Gasteiger charge is -2.21. The Kier molecular flexibility index (Phi) is 6.20. The Morgan fingerprint density at radius 3 is 2.75 bits per heavy atom. The van der Waals surface area contributed by atoms with Crippen LogP contribution in [-0.4, -0.2) is 67.5 Å². The Morgan fingerprint density at radius 1 is 1.28 bits per heavy atom. The van der Waals surface area contributed by atoms with Gasteiger partial charge in [-0.05, 0) is 12.1 Å². The van der Waals surface area contributed by atoms with Crippen LogP contribution in [0, 0.1) is 0 Å². The van der Waals surface area contributed by atoms with Gasteiger partial charge in [0.15, 0.2) is 23.8 Å². The summed E-state index contributed by atoms with van der Waals surface area (Å²) in [6, 6.07) is 8.14. The predicted molar refractivity (Wildman–Crippen MR) is 108 cm³/mol. The molecule has 14 heteroatoms. The van der Waals surface area contributed by atoms with Gasteiger partial charge in [-0.1, -0.05) is 18.2 Å². The van der Waals surface area contributed by atoms with Crippen LogP contribution in [0.15, 0.2) is 43.0 Å². The highest BCUT2D eigenvalue weighted by molar-refractivity contribution is 7.47. The second kappa shape index (κ2) is 8.90. The minimum Gasteiger partial charge on any atom is -0.453 e. The molecule has 1 aromatic carbocycles. The van der Waals surface area contributed by atoms with Gasteiger partial charge in [0, 0.05) is 7.11 Å². The molecule has 2 aromatic heterocycles. The molecule has 4 rings (SSSR count). The van der Waals surface area contributed by atoms with Crippen molar-refractivity contribution in [2.45, 2.75) is 24.5 Å². The number of esters is 1. The number of nitrogen functional groups attached to an aromatic ring is 1. The molecule has 3 heterocycles. The predicted octanol–water partition coefficient (Wildman–Crippen LogP) is 0.656. The summed E-state index contributed by atoms with van der Waals surface area (Å²) < 4.78 is 33.7. The molecule has 0 spiro atoms. The van der Waals surface area contributed by atoms with Crippen LogP contribution in [0.3, 0.4) is 0 Å². The third-order valence-corrected chi connectivity index (χ3v) is 5.79. The first-order chi connectivity index (χ1) is 15.3. The zero-order valence-corrected chi connectivity index (χ0v) is 17.6. The molecule has 1 aliphatic heterocycles. The molecule has 0 radical (unpaired) electrons. The molecule has 1 fully saturated rings. The summed E-state index contributed by atoms with van der Waals surface area (Å²) in [5.74, 6) is -0.584. The first-order valence-corrected chi connectivity index (χ1v) is 10.9. The van der Waals surface area contributed by atoms with E-state index in [4.69, 9.17) is 19.7 Å². The van der Waals surface area contributed by atoms with Crippen molar-refractivity contribution < 1.29 is 37.9 Å². The van der Waals surface area contributed by atoms with Crippen molar-refractivity contribution in [3.63, 3.8) is 0 Å². The monoisotopic (exact) mass is 465 g/mol. The number of phosphoric ester groups is 1. The average molecular weight is 465 g/mol. The maximum absolute atomic E-state index is 12.6. The Bertz CT molecular complexity index is 1160. The molecule has 0 saturated carbocycles.